The normalized spacial score (nSPS) is 23.8. The summed E-state index contributed by atoms with van der Waals surface area (Å²) < 4.78 is 0. The lowest BCUT2D eigenvalue weighted by atomic mass is 9.86. The van der Waals surface area contributed by atoms with Gasteiger partial charge in [-0.3, -0.25) is 0 Å². The van der Waals surface area contributed by atoms with Gasteiger partial charge >= 0.3 is 0 Å². The lowest BCUT2D eigenvalue weighted by Crippen LogP contribution is -2.36. The Balaban J connectivity index is 2.14. The van der Waals surface area contributed by atoms with E-state index in [2.05, 4.69) is 62.3 Å². The molecule has 0 spiro atoms. The highest BCUT2D eigenvalue weighted by molar-refractivity contribution is 5.55. The highest BCUT2D eigenvalue weighted by atomic mass is 15.1. The fourth-order valence-electron chi connectivity index (χ4n) is 3.60. The lowest BCUT2D eigenvalue weighted by molar-refractivity contribution is 0.336. The van der Waals surface area contributed by atoms with Gasteiger partial charge in [0.2, 0.25) is 0 Å². The second-order valence-electron chi connectivity index (χ2n) is 6.77. The molecule has 2 heteroatoms. The number of nitrogens with one attached hydrogen (secondary N) is 1. The second kappa shape index (κ2) is 7.84. The zero-order valence-corrected chi connectivity index (χ0v) is 14.2. The summed E-state index contributed by atoms with van der Waals surface area (Å²) in [6.45, 7) is 7.99. The average molecular weight is 288 g/mol. The number of nitrogens with zero attached hydrogens (tertiary/aromatic N) is 1. The fourth-order valence-corrected chi connectivity index (χ4v) is 3.60. The van der Waals surface area contributed by atoms with E-state index in [0.29, 0.717) is 12.1 Å². The van der Waals surface area contributed by atoms with E-state index >= 15 is 0 Å². The summed E-state index contributed by atoms with van der Waals surface area (Å²) in [6, 6.07) is 10.0. The zero-order valence-electron chi connectivity index (χ0n) is 14.2. The maximum Gasteiger partial charge on any atom is 0.0414 e. The monoisotopic (exact) mass is 288 g/mol. The van der Waals surface area contributed by atoms with Gasteiger partial charge in [-0.15, -0.1) is 0 Å². The van der Waals surface area contributed by atoms with Crippen molar-refractivity contribution in [3.63, 3.8) is 0 Å². The maximum atomic E-state index is 3.63. The topological polar surface area (TPSA) is 15.3 Å². The van der Waals surface area contributed by atoms with Gasteiger partial charge in [-0.1, -0.05) is 44.9 Å². The molecule has 0 saturated heterocycles. The van der Waals surface area contributed by atoms with Crippen LogP contribution in [0.15, 0.2) is 24.3 Å². The van der Waals surface area contributed by atoms with Crippen molar-refractivity contribution in [2.45, 2.75) is 65.0 Å². The molecule has 0 radical (unpaired) electrons. The number of rotatable bonds is 6. The third-order valence-electron chi connectivity index (χ3n) is 4.94. The Bertz CT molecular complexity index is 429. The molecule has 21 heavy (non-hydrogen) atoms. The minimum absolute atomic E-state index is 0.421. The van der Waals surface area contributed by atoms with E-state index in [4.69, 9.17) is 0 Å². The van der Waals surface area contributed by atoms with Crippen molar-refractivity contribution in [2.75, 3.05) is 18.5 Å². The molecule has 0 aromatic heterocycles. The second-order valence-corrected chi connectivity index (χ2v) is 6.77. The molecule has 1 aromatic rings. The average Bonchev–Trinajstić information content (AvgIpc) is 2.52. The predicted molar refractivity (Wildman–Crippen MR) is 93.0 cm³/mol. The van der Waals surface area contributed by atoms with Gasteiger partial charge < -0.3 is 10.2 Å². The summed E-state index contributed by atoms with van der Waals surface area (Å²) in [5.41, 5.74) is 2.85. The molecule has 1 aliphatic carbocycles. The molecule has 3 unspecified atom stereocenters. The molecule has 2 nitrogen and oxygen atoms in total. The molecule has 3 atom stereocenters. The molecule has 1 aromatic carbocycles. The molecular formula is C19H32N2. The number of anilines is 1. The quantitative estimate of drug-likeness (QED) is 0.811. The van der Waals surface area contributed by atoms with Crippen LogP contribution < -0.4 is 10.2 Å². The molecule has 1 fully saturated rings. The summed E-state index contributed by atoms with van der Waals surface area (Å²) in [5.74, 6) is 0.869. The first-order chi connectivity index (χ1) is 10.1. The summed E-state index contributed by atoms with van der Waals surface area (Å²) in [5, 5.41) is 3.63. The molecule has 1 N–H and O–H groups in total. The van der Waals surface area contributed by atoms with E-state index in [9.17, 15) is 0 Å². The molecule has 0 aliphatic heterocycles. The van der Waals surface area contributed by atoms with Crippen molar-refractivity contribution >= 4 is 5.69 Å². The third kappa shape index (κ3) is 4.23. The van der Waals surface area contributed by atoms with Gasteiger partial charge in [0.25, 0.3) is 0 Å². The highest BCUT2D eigenvalue weighted by Gasteiger charge is 2.24. The number of hydrogen-bond donors (Lipinski definition) is 1. The molecule has 0 heterocycles. The summed E-state index contributed by atoms with van der Waals surface area (Å²) >= 11 is 0. The molecule has 118 valence electrons. The smallest absolute Gasteiger partial charge is 0.0414 e. The van der Waals surface area contributed by atoms with Crippen LogP contribution in [0.3, 0.4) is 0 Å². The fraction of sp³-hybridized carbons (Fsp3) is 0.684. The SMILES string of the molecule is CCCNC(C)c1ccccc1N(C)C1CCCC(C)C1. The Hall–Kier alpha value is -1.02. The van der Waals surface area contributed by atoms with Crippen molar-refractivity contribution < 1.29 is 0 Å². The van der Waals surface area contributed by atoms with Crippen molar-refractivity contribution in [3.05, 3.63) is 29.8 Å². The summed E-state index contributed by atoms with van der Waals surface area (Å²) in [4.78, 5) is 2.54. The third-order valence-corrected chi connectivity index (χ3v) is 4.94. The van der Waals surface area contributed by atoms with Crippen LogP contribution in [0.1, 0.15) is 64.5 Å². The Kier molecular flexibility index (Phi) is 6.10. The Morgan fingerprint density at radius 3 is 2.76 bits per heavy atom. The summed E-state index contributed by atoms with van der Waals surface area (Å²) in [7, 11) is 2.29. The van der Waals surface area contributed by atoms with E-state index < -0.39 is 0 Å². The Labute approximate surface area is 130 Å². The van der Waals surface area contributed by atoms with Gasteiger partial charge in [0.05, 0.1) is 0 Å². The Morgan fingerprint density at radius 2 is 2.05 bits per heavy atom. The molecule has 0 bridgehead atoms. The van der Waals surface area contributed by atoms with Crippen LogP contribution in [-0.2, 0) is 0 Å². The van der Waals surface area contributed by atoms with Crippen LogP contribution in [0.2, 0.25) is 0 Å². The first-order valence-electron chi connectivity index (χ1n) is 8.68. The van der Waals surface area contributed by atoms with Crippen LogP contribution in [0.25, 0.3) is 0 Å². The Morgan fingerprint density at radius 1 is 1.29 bits per heavy atom. The first kappa shape index (κ1) is 16.4. The number of hydrogen-bond acceptors (Lipinski definition) is 2. The van der Waals surface area contributed by atoms with E-state index in [1.54, 1.807) is 0 Å². The minimum Gasteiger partial charge on any atom is -0.371 e. The van der Waals surface area contributed by atoms with Gasteiger partial charge in [0.15, 0.2) is 0 Å². The standard InChI is InChI=1S/C19H32N2/c1-5-13-20-16(3)18-11-6-7-12-19(18)21(4)17-10-8-9-15(2)14-17/h6-7,11-12,15-17,20H,5,8-10,13-14H2,1-4H3. The summed E-state index contributed by atoms with van der Waals surface area (Å²) in [6.07, 6.45) is 6.64. The van der Waals surface area contributed by atoms with Crippen LogP contribution in [0.5, 0.6) is 0 Å². The van der Waals surface area contributed by atoms with E-state index in [0.717, 1.165) is 12.5 Å². The van der Waals surface area contributed by atoms with E-state index in [1.807, 2.05) is 0 Å². The molecule has 0 amide bonds. The van der Waals surface area contributed by atoms with Crippen LogP contribution in [0, 0.1) is 5.92 Å². The lowest BCUT2D eigenvalue weighted by Gasteiger charge is -2.37. The van der Waals surface area contributed by atoms with Gasteiger partial charge in [-0.2, -0.15) is 0 Å². The first-order valence-corrected chi connectivity index (χ1v) is 8.68. The van der Waals surface area contributed by atoms with Crippen molar-refractivity contribution in [2.24, 2.45) is 5.92 Å². The van der Waals surface area contributed by atoms with Gasteiger partial charge in [0.1, 0.15) is 0 Å². The predicted octanol–water partition coefficient (Wildman–Crippen LogP) is 4.76. The molecule has 1 saturated carbocycles. The van der Waals surface area contributed by atoms with Gasteiger partial charge in [-0.25, -0.2) is 0 Å². The molecule has 1 aliphatic rings. The van der Waals surface area contributed by atoms with Crippen molar-refractivity contribution in [3.8, 4) is 0 Å². The number of benzene rings is 1. The molecular weight excluding hydrogens is 256 g/mol. The van der Waals surface area contributed by atoms with E-state index in [-0.39, 0.29) is 0 Å². The minimum atomic E-state index is 0.421. The van der Waals surface area contributed by atoms with Crippen LogP contribution >= 0.6 is 0 Å². The largest absolute Gasteiger partial charge is 0.371 e. The van der Waals surface area contributed by atoms with Crippen molar-refractivity contribution in [1.29, 1.82) is 0 Å². The maximum absolute atomic E-state index is 3.63. The van der Waals surface area contributed by atoms with Gasteiger partial charge in [0, 0.05) is 24.8 Å². The van der Waals surface area contributed by atoms with Gasteiger partial charge in [-0.05, 0) is 50.3 Å². The number of para-hydroxylation sites is 1. The molecule has 2 rings (SSSR count). The zero-order chi connectivity index (χ0) is 15.2. The highest BCUT2D eigenvalue weighted by Crippen LogP contribution is 2.33. The van der Waals surface area contributed by atoms with Crippen LogP contribution in [-0.4, -0.2) is 19.6 Å². The van der Waals surface area contributed by atoms with E-state index in [1.165, 1.54) is 43.4 Å². The van der Waals surface area contributed by atoms with Crippen LogP contribution in [0.4, 0.5) is 5.69 Å². The van der Waals surface area contributed by atoms with Crippen molar-refractivity contribution in [1.82, 2.24) is 5.32 Å².